The van der Waals surface area contributed by atoms with Gasteiger partial charge >= 0.3 is 0 Å². The lowest BCUT2D eigenvalue weighted by Crippen LogP contribution is -2.33. The van der Waals surface area contributed by atoms with E-state index in [0.717, 1.165) is 0 Å². The zero-order valence-electron chi connectivity index (χ0n) is 21.7. The quantitative estimate of drug-likeness (QED) is 0.280. The highest BCUT2D eigenvalue weighted by Gasteiger charge is 2.35. The molecule has 3 aromatic heterocycles. The molecule has 0 aliphatic rings. The van der Waals surface area contributed by atoms with E-state index >= 15 is 0 Å². The summed E-state index contributed by atoms with van der Waals surface area (Å²) in [6.07, 6.45) is 4.79. The molecular weight excluding hydrogens is 550 g/mol. The topological polar surface area (TPSA) is 152 Å². The lowest BCUT2D eigenvalue weighted by atomic mass is 10.2. The third-order valence-corrected chi connectivity index (χ3v) is 7.68. The van der Waals surface area contributed by atoms with Crippen LogP contribution in [-0.4, -0.2) is 71.8 Å². The fourth-order valence-electron chi connectivity index (χ4n) is 3.81. The van der Waals surface area contributed by atoms with Gasteiger partial charge in [-0.15, -0.1) is 10.2 Å². The molecule has 0 saturated carbocycles. The summed E-state index contributed by atoms with van der Waals surface area (Å²) in [6, 6.07) is 6.82. The van der Waals surface area contributed by atoms with E-state index in [9.17, 15) is 8.42 Å². The number of aromatic nitrogens is 6. The van der Waals surface area contributed by atoms with Gasteiger partial charge in [-0.2, -0.15) is 0 Å². The number of sulfonamides is 1. The molecule has 0 unspecified atom stereocenters. The summed E-state index contributed by atoms with van der Waals surface area (Å²) in [5.41, 5.74) is 0.859. The summed E-state index contributed by atoms with van der Waals surface area (Å²) in [6.45, 7) is 1.46. The number of rotatable bonds is 11. The number of halogens is 1. The highest BCUT2D eigenvalue weighted by atomic mass is 35.5. The normalized spacial score (nSPS) is 13.0. The van der Waals surface area contributed by atoms with Crippen molar-refractivity contribution in [2.75, 3.05) is 33.2 Å². The zero-order chi connectivity index (χ0) is 28.2. The Hall–Kier alpha value is -4.01. The number of benzene rings is 1. The Kier molecular flexibility index (Phi) is 8.47. The van der Waals surface area contributed by atoms with Crippen molar-refractivity contribution in [1.29, 1.82) is 0 Å². The van der Waals surface area contributed by atoms with Crippen molar-refractivity contribution in [3.8, 4) is 34.3 Å². The second kappa shape index (κ2) is 11.8. The number of nitrogens with one attached hydrogen (secondary N) is 1. The maximum atomic E-state index is 13.6. The maximum absolute atomic E-state index is 13.6. The molecule has 0 radical (unpaired) electrons. The standard InChI is InChI=1S/C24H26ClN7O6S/c1-14(21(38-5)22-27-11-16(25)12-28-22)39(33,34)31-24-30-29-23(15-9-17(35-2)13-26-10-15)32(24)20-18(36-3)7-6-8-19(20)37-4/h6-14,21H,1-5H3,(H,30,31)/t14-,21-/m0/s1. The van der Waals surface area contributed by atoms with Crippen molar-refractivity contribution >= 4 is 27.6 Å². The number of para-hydroxylation sites is 1. The van der Waals surface area contributed by atoms with Crippen LogP contribution < -0.4 is 18.9 Å². The van der Waals surface area contributed by atoms with Crippen LogP contribution in [0, 0.1) is 0 Å². The van der Waals surface area contributed by atoms with Gasteiger partial charge in [-0.05, 0) is 25.1 Å². The fraction of sp³-hybridized carbons (Fsp3) is 0.292. The van der Waals surface area contributed by atoms with Crippen LogP contribution in [-0.2, 0) is 14.8 Å². The molecule has 206 valence electrons. The Morgan fingerprint density at radius 2 is 1.62 bits per heavy atom. The smallest absolute Gasteiger partial charge is 0.243 e. The van der Waals surface area contributed by atoms with E-state index in [1.807, 2.05) is 0 Å². The first-order chi connectivity index (χ1) is 18.7. The lowest BCUT2D eigenvalue weighted by molar-refractivity contribution is 0.0950. The van der Waals surface area contributed by atoms with Crippen molar-refractivity contribution in [1.82, 2.24) is 29.7 Å². The van der Waals surface area contributed by atoms with Gasteiger partial charge in [-0.25, -0.2) is 18.4 Å². The number of nitrogens with zero attached hydrogens (tertiary/aromatic N) is 6. The number of anilines is 1. The molecule has 15 heteroatoms. The summed E-state index contributed by atoms with van der Waals surface area (Å²) in [7, 11) is 1.67. The minimum Gasteiger partial charge on any atom is -0.495 e. The van der Waals surface area contributed by atoms with Gasteiger partial charge in [0.2, 0.25) is 16.0 Å². The molecule has 0 aliphatic carbocycles. The number of methoxy groups -OCH3 is 4. The third-order valence-electron chi connectivity index (χ3n) is 5.79. The van der Waals surface area contributed by atoms with Crippen molar-refractivity contribution in [2.24, 2.45) is 0 Å². The first-order valence-electron chi connectivity index (χ1n) is 11.4. The van der Waals surface area contributed by atoms with Crippen molar-refractivity contribution in [3.05, 3.63) is 59.9 Å². The van der Waals surface area contributed by atoms with Crippen LogP contribution in [0.25, 0.3) is 17.1 Å². The molecular formula is C24H26ClN7O6S. The van der Waals surface area contributed by atoms with Crippen molar-refractivity contribution in [3.63, 3.8) is 0 Å². The van der Waals surface area contributed by atoms with Crippen LogP contribution in [0.1, 0.15) is 18.9 Å². The molecule has 3 heterocycles. The summed E-state index contributed by atoms with van der Waals surface area (Å²) in [4.78, 5) is 12.4. The van der Waals surface area contributed by atoms with Gasteiger partial charge in [0.05, 0.1) is 32.5 Å². The van der Waals surface area contributed by atoms with Gasteiger partial charge < -0.3 is 18.9 Å². The molecule has 0 amide bonds. The summed E-state index contributed by atoms with van der Waals surface area (Å²) in [5, 5.41) is 7.59. The lowest BCUT2D eigenvalue weighted by Gasteiger charge is -2.23. The van der Waals surface area contributed by atoms with Crippen LogP contribution in [0.5, 0.6) is 17.2 Å². The fourth-order valence-corrected chi connectivity index (χ4v) is 5.04. The van der Waals surface area contributed by atoms with Crippen LogP contribution >= 0.6 is 11.6 Å². The summed E-state index contributed by atoms with van der Waals surface area (Å²) >= 11 is 5.89. The van der Waals surface area contributed by atoms with E-state index < -0.39 is 21.4 Å². The number of ether oxygens (including phenoxy) is 4. The highest BCUT2D eigenvalue weighted by molar-refractivity contribution is 7.93. The molecule has 0 fully saturated rings. The number of pyridine rings is 1. The van der Waals surface area contributed by atoms with Crippen LogP contribution in [0.15, 0.2) is 49.1 Å². The first kappa shape index (κ1) is 28.0. The minimum atomic E-state index is -4.17. The Bertz CT molecular complexity index is 1530. The SMILES string of the molecule is COc1cncc(-c2nnc(NS(=O)(=O)[C@@H](C)[C@H](OC)c3ncc(Cl)cn3)n2-c2c(OC)cccc2OC)c1. The van der Waals surface area contributed by atoms with E-state index in [1.165, 1.54) is 58.5 Å². The maximum Gasteiger partial charge on any atom is 0.243 e. The van der Waals surface area contributed by atoms with Crippen LogP contribution in [0.2, 0.25) is 5.02 Å². The monoisotopic (exact) mass is 575 g/mol. The first-order valence-corrected chi connectivity index (χ1v) is 13.3. The summed E-state index contributed by atoms with van der Waals surface area (Å²) < 4.78 is 53.2. The average Bonchev–Trinajstić information content (AvgIpc) is 3.35. The van der Waals surface area contributed by atoms with Crippen LogP contribution in [0.4, 0.5) is 5.95 Å². The molecule has 1 aromatic carbocycles. The van der Waals surface area contributed by atoms with Gasteiger partial charge in [0.15, 0.2) is 11.6 Å². The van der Waals surface area contributed by atoms with Gasteiger partial charge in [0.1, 0.15) is 34.3 Å². The largest absolute Gasteiger partial charge is 0.495 e. The molecule has 13 nitrogen and oxygen atoms in total. The van der Waals surface area contributed by atoms with E-state index in [1.54, 1.807) is 30.5 Å². The molecule has 0 saturated heterocycles. The number of hydrogen-bond donors (Lipinski definition) is 1. The molecule has 0 spiro atoms. The highest BCUT2D eigenvalue weighted by Crippen LogP contribution is 2.38. The van der Waals surface area contributed by atoms with Gasteiger partial charge in [-0.1, -0.05) is 17.7 Å². The predicted molar refractivity (Wildman–Crippen MR) is 143 cm³/mol. The molecule has 2 atom stereocenters. The minimum absolute atomic E-state index is 0.130. The molecule has 0 aliphatic heterocycles. The van der Waals surface area contributed by atoms with E-state index in [-0.39, 0.29) is 17.6 Å². The van der Waals surface area contributed by atoms with Crippen LogP contribution in [0.3, 0.4) is 0 Å². The molecule has 4 aromatic rings. The Morgan fingerprint density at radius 1 is 0.949 bits per heavy atom. The van der Waals surface area contributed by atoms with Gasteiger partial charge in [0.25, 0.3) is 0 Å². The third kappa shape index (κ3) is 5.72. The van der Waals surface area contributed by atoms with Gasteiger partial charge in [0, 0.05) is 31.3 Å². The predicted octanol–water partition coefficient (Wildman–Crippen LogP) is 3.32. The van der Waals surface area contributed by atoms with E-state index in [4.69, 9.17) is 30.5 Å². The molecule has 0 bridgehead atoms. The van der Waals surface area contributed by atoms with E-state index in [0.29, 0.717) is 33.5 Å². The zero-order valence-corrected chi connectivity index (χ0v) is 23.3. The van der Waals surface area contributed by atoms with Crippen molar-refractivity contribution < 1.29 is 27.4 Å². The number of hydrogen-bond acceptors (Lipinski definition) is 11. The Labute approximate surface area is 230 Å². The second-order valence-electron chi connectivity index (χ2n) is 8.08. The Morgan fingerprint density at radius 3 is 2.21 bits per heavy atom. The molecule has 1 N–H and O–H groups in total. The molecule has 4 rings (SSSR count). The average molecular weight is 576 g/mol. The summed E-state index contributed by atoms with van der Waals surface area (Å²) in [5.74, 6) is 1.49. The van der Waals surface area contributed by atoms with Crippen molar-refractivity contribution in [2.45, 2.75) is 18.3 Å². The second-order valence-corrected chi connectivity index (χ2v) is 10.5. The van der Waals surface area contributed by atoms with Gasteiger partial charge in [-0.3, -0.25) is 14.3 Å². The van der Waals surface area contributed by atoms with E-state index in [2.05, 4.69) is 29.9 Å². The Balaban J connectivity index is 1.85. The molecule has 39 heavy (non-hydrogen) atoms.